The molecule has 1 unspecified atom stereocenters. The molecule has 0 saturated carbocycles. The van der Waals surface area contributed by atoms with Crippen LogP contribution in [0.5, 0.6) is 0 Å². The number of halogens is 2. The lowest BCUT2D eigenvalue weighted by Gasteiger charge is -2.19. The van der Waals surface area contributed by atoms with Crippen LogP contribution in [0.3, 0.4) is 0 Å². The van der Waals surface area contributed by atoms with E-state index in [2.05, 4.69) is 9.97 Å². The summed E-state index contributed by atoms with van der Waals surface area (Å²) in [6, 6.07) is 7.92. The van der Waals surface area contributed by atoms with Gasteiger partial charge >= 0.3 is 0 Å². The van der Waals surface area contributed by atoms with Crippen LogP contribution in [0.15, 0.2) is 24.3 Å². The molecule has 1 heterocycles. The second-order valence-electron chi connectivity index (χ2n) is 5.30. The van der Waals surface area contributed by atoms with Crippen LogP contribution in [0, 0.1) is 12.8 Å². The van der Waals surface area contributed by atoms with Gasteiger partial charge in [0.1, 0.15) is 16.4 Å². The molecule has 3 nitrogen and oxygen atoms in total. The third-order valence-electron chi connectivity index (χ3n) is 3.29. The van der Waals surface area contributed by atoms with Crippen molar-refractivity contribution in [1.82, 2.24) is 9.97 Å². The first-order valence-corrected chi connectivity index (χ1v) is 7.52. The number of aryl methyl sites for hydroxylation is 1. The van der Waals surface area contributed by atoms with E-state index in [1.54, 1.807) is 7.11 Å². The van der Waals surface area contributed by atoms with Crippen LogP contribution in [-0.2, 0) is 4.74 Å². The van der Waals surface area contributed by atoms with E-state index in [0.717, 1.165) is 5.56 Å². The summed E-state index contributed by atoms with van der Waals surface area (Å²) in [5.74, 6) is 0.741. The first-order chi connectivity index (χ1) is 9.93. The molecule has 0 fully saturated rings. The van der Waals surface area contributed by atoms with Crippen molar-refractivity contribution in [2.45, 2.75) is 26.9 Å². The molecule has 1 aromatic carbocycles. The van der Waals surface area contributed by atoms with Crippen LogP contribution in [0.1, 0.15) is 31.3 Å². The third kappa shape index (κ3) is 3.54. The standard InChI is InChI=1S/C16H18Cl2N2O/c1-9(2)13(21-4)16-19-14(17)12(15(18)20-16)11-7-5-10(3)6-8-11/h5-9,13H,1-4H3. The fraction of sp³-hybridized carbons (Fsp3) is 0.375. The Morgan fingerprint density at radius 1 is 1.00 bits per heavy atom. The maximum Gasteiger partial charge on any atom is 0.160 e. The van der Waals surface area contributed by atoms with Crippen LogP contribution in [0.4, 0.5) is 0 Å². The fourth-order valence-corrected chi connectivity index (χ4v) is 2.80. The van der Waals surface area contributed by atoms with Crippen LogP contribution in [0.25, 0.3) is 11.1 Å². The molecule has 0 bridgehead atoms. The zero-order chi connectivity index (χ0) is 15.6. The van der Waals surface area contributed by atoms with Crippen molar-refractivity contribution in [3.63, 3.8) is 0 Å². The lowest BCUT2D eigenvalue weighted by Crippen LogP contribution is -2.13. The van der Waals surface area contributed by atoms with E-state index in [-0.39, 0.29) is 12.0 Å². The second-order valence-corrected chi connectivity index (χ2v) is 6.02. The van der Waals surface area contributed by atoms with E-state index in [1.807, 2.05) is 45.0 Å². The van der Waals surface area contributed by atoms with Gasteiger partial charge in [-0.1, -0.05) is 66.9 Å². The molecule has 0 aliphatic carbocycles. The van der Waals surface area contributed by atoms with Gasteiger partial charge < -0.3 is 4.74 Å². The first kappa shape index (κ1) is 16.2. The van der Waals surface area contributed by atoms with Crippen molar-refractivity contribution in [2.75, 3.05) is 7.11 Å². The van der Waals surface area contributed by atoms with Crippen molar-refractivity contribution in [3.05, 3.63) is 46.0 Å². The number of aromatic nitrogens is 2. The molecule has 2 aromatic rings. The van der Waals surface area contributed by atoms with E-state index in [1.165, 1.54) is 5.56 Å². The largest absolute Gasteiger partial charge is 0.373 e. The number of methoxy groups -OCH3 is 1. The van der Waals surface area contributed by atoms with E-state index in [9.17, 15) is 0 Å². The zero-order valence-electron chi connectivity index (χ0n) is 12.5. The molecule has 112 valence electrons. The summed E-state index contributed by atoms with van der Waals surface area (Å²) < 4.78 is 5.43. The highest BCUT2D eigenvalue weighted by Gasteiger charge is 2.22. The Balaban J connectivity index is 2.49. The fourth-order valence-electron chi connectivity index (χ4n) is 2.18. The van der Waals surface area contributed by atoms with Crippen molar-refractivity contribution in [1.29, 1.82) is 0 Å². The lowest BCUT2D eigenvalue weighted by molar-refractivity contribution is 0.0575. The molecule has 21 heavy (non-hydrogen) atoms. The van der Waals surface area contributed by atoms with Gasteiger partial charge in [0.05, 0.1) is 5.56 Å². The monoisotopic (exact) mass is 324 g/mol. The van der Waals surface area contributed by atoms with E-state index < -0.39 is 0 Å². The maximum absolute atomic E-state index is 6.32. The maximum atomic E-state index is 6.32. The van der Waals surface area contributed by atoms with Crippen molar-refractivity contribution < 1.29 is 4.74 Å². The number of hydrogen-bond acceptors (Lipinski definition) is 3. The molecule has 1 aromatic heterocycles. The van der Waals surface area contributed by atoms with E-state index >= 15 is 0 Å². The normalized spacial score (nSPS) is 12.7. The Bertz CT molecular complexity index is 604. The highest BCUT2D eigenvalue weighted by molar-refractivity contribution is 6.37. The summed E-state index contributed by atoms with van der Waals surface area (Å²) in [6.45, 7) is 6.10. The predicted molar refractivity (Wildman–Crippen MR) is 86.8 cm³/mol. The second kappa shape index (κ2) is 6.73. The summed E-state index contributed by atoms with van der Waals surface area (Å²) in [6.07, 6.45) is -0.230. The van der Waals surface area contributed by atoms with Gasteiger partial charge in [-0.15, -0.1) is 0 Å². The molecule has 0 saturated heterocycles. The minimum atomic E-state index is -0.230. The number of hydrogen-bond donors (Lipinski definition) is 0. The van der Waals surface area contributed by atoms with Gasteiger partial charge in [-0.2, -0.15) is 0 Å². The van der Waals surface area contributed by atoms with Gasteiger partial charge in [-0.25, -0.2) is 9.97 Å². The van der Waals surface area contributed by atoms with E-state index in [4.69, 9.17) is 27.9 Å². The minimum absolute atomic E-state index is 0.229. The molecule has 0 radical (unpaired) electrons. The average Bonchev–Trinajstić information content (AvgIpc) is 2.40. The average molecular weight is 325 g/mol. The Hall–Kier alpha value is -1.16. The topological polar surface area (TPSA) is 35.0 Å². The smallest absolute Gasteiger partial charge is 0.160 e. The molecule has 0 N–H and O–H groups in total. The number of nitrogens with zero attached hydrogens (tertiary/aromatic N) is 2. The lowest BCUT2D eigenvalue weighted by atomic mass is 10.1. The number of benzene rings is 1. The van der Waals surface area contributed by atoms with Crippen LogP contribution in [0.2, 0.25) is 10.3 Å². The third-order valence-corrected chi connectivity index (χ3v) is 3.84. The minimum Gasteiger partial charge on any atom is -0.373 e. The molecule has 5 heteroatoms. The molecule has 0 spiro atoms. The van der Waals surface area contributed by atoms with Crippen molar-refractivity contribution >= 4 is 23.2 Å². The van der Waals surface area contributed by atoms with Gasteiger partial charge in [-0.05, 0) is 18.4 Å². The van der Waals surface area contributed by atoms with Gasteiger partial charge in [0.25, 0.3) is 0 Å². The Kier molecular flexibility index (Phi) is 5.20. The molecule has 1 atom stereocenters. The summed E-state index contributed by atoms with van der Waals surface area (Å²) in [4.78, 5) is 8.74. The zero-order valence-corrected chi connectivity index (χ0v) is 14.0. The van der Waals surface area contributed by atoms with Gasteiger partial charge in [0.2, 0.25) is 0 Å². The predicted octanol–water partition coefficient (Wildman–Crippen LogP) is 5.10. The number of rotatable bonds is 4. The molecule has 0 amide bonds. The van der Waals surface area contributed by atoms with Crippen LogP contribution in [-0.4, -0.2) is 17.1 Å². The molecule has 0 aliphatic heterocycles. The quantitative estimate of drug-likeness (QED) is 0.733. The summed E-state index contributed by atoms with van der Waals surface area (Å²) >= 11 is 12.6. The van der Waals surface area contributed by atoms with Crippen molar-refractivity contribution in [2.24, 2.45) is 5.92 Å². The summed E-state index contributed by atoms with van der Waals surface area (Å²) in [5.41, 5.74) is 2.73. The number of ether oxygens (including phenoxy) is 1. The SMILES string of the molecule is COC(c1nc(Cl)c(-c2ccc(C)cc2)c(Cl)n1)C(C)C. The Morgan fingerprint density at radius 3 is 1.95 bits per heavy atom. The highest BCUT2D eigenvalue weighted by Crippen LogP contribution is 2.34. The van der Waals surface area contributed by atoms with Gasteiger partial charge in [0.15, 0.2) is 5.82 Å². The van der Waals surface area contributed by atoms with Gasteiger partial charge in [0, 0.05) is 7.11 Å². The highest BCUT2D eigenvalue weighted by atomic mass is 35.5. The van der Waals surface area contributed by atoms with Gasteiger partial charge in [-0.3, -0.25) is 0 Å². The summed E-state index contributed by atoms with van der Waals surface area (Å²) in [7, 11) is 1.63. The van der Waals surface area contributed by atoms with Crippen LogP contribution < -0.4 is 0 Å². The Morgan fingerprint density at radius 2 is 1.52 bits per heavy atom. The molecular weight excluding hydrogens is 307 g/mol. The molecule has 0 aliphatic rings. The summed E-state index contributed by atoms with van der Waals surface area (Å²) in [5, 5.41) is 0.688. The Labute approximate surface area is 135 Å². The van der Waals surface area contributed by atoms with E-state index in [0.29, 0.717) is 21.7 Å². The van der Waals surface area contributed by atoms with Crippen LogP contribution >= 0.6 is 23.2 Å². The molecule has 2 rings (SSSR count). The van der Waals surface area contributed by atoms with Crippen molar-refractivity contribution in [3.8, 4) is 11.1 Å². The first-order valence-electron chi connectivity index (χ1n) is 6.76. The molecular formula is C16H18Cl2N2O.